The minimum atomic E-state index is -2.02. The quantitative estimate of drug-likeness (QED) is 0.0870. The molecule has 0 N–H and O–H groups in total. The van der Waals surface area contributed by atoms with E-state index >= 15 is 0 Å². The average Bonchev–Trinajstić information content (AvgIpc) is 3.52. The Bertz CT molecular complexity index is 2370. The van der Waals surface area contributed by atoms with Crippen LogP contribution in [0.25, 0.3) is 53.5 Å². The third-order valence-corrected chi connectivity index (χ3v) is 26.2. The second-order valence-electron chi connectivity index (χ2n) is 17.2. The van der Waals surface area contributed by atoms with Crippen molar-refractivity contribution in [3.05, 3.63) is 94.9 Å². The Hall–Kier alpha value is -3.61. The third-order valence-electron chi connectivity index (χ3n) is 12.5. The number of aryl methyl sites for hydroxylation is 1. The van der Waals surface area contributed by atoms with Gasteiger partial charge in [0.1, 0.15) is 16.1 Å². The maximum Gasteiger partial charge on any atom is 0.146 e. The fourth-order valence-electron chi connectivity index (χ4n) is 9.87. The van der Waals surface area contributed by atoms with E-state index in [1.165, 1.54) is 70.2 Å². The normalized spacial score (nSPS) is 12.7. The summed E-state index contributed by atoms with van der Waals surface area (Å²) in [7, 11) is -4.03. The molecule has 0 bridgehead atoms. The lowest BCUT2D eigenvalue weighted by molar-refractivity contribution is 0.838. The highest BCUT2D eigenvalue weighted by molar-refractivity contribution is 7.13. The molecule has 52 heavy (non-hydrogen) atoms. The van der Waals surface area contributed by atoms with Crippen molar-refractivity contribution in [3.8, 4) is 33.4 Å². The van der Waals surface area contributed by atoms with E-state index in [1.807, 2.05) is 11.3 Å². The van der Waals surface area contributed by atoms with Gasteiger partial charge in [-0.3, -0.25) is 0 Å². The molecule has 6 aromatic rings. The van der Waals surface area contributed by atoms with E-state index in [0.717, 1.165) is 0 Å². The van der Waals surface area contributed by atoms with E-state index in [2.05, 4.69) is 191 Å². The minimum absolute atomic E-state index is 0.558. The Kier molecular flexibility index (Phi) is 10.8. The molecule has 0 saturated heterocycles. The fourth-order valence-corrected chi connectivity index (χ4v) is 21.2. The zero-order valence-corrected chi connectivity index (χ0v) is 36.7. The number of benzene rings is 5. The molecule has 0 fully saturated rings. The van der Waals surface area contributed by atoms with Crippen LogP contribution in [0.15, 0.2) is 78.2 Å². The van der Waals surface area contributed by atoms with Crippen molar-refractivity contribution in [2.45, 2.75) is 123 Å². The van der Waals surface area contributed by atoms with Crippen LogP contribution in [0.4, 0.5) is 0 Å². The van der Waals surface area contributed by atoms with Gasteiger partial charge in [0.25, 0.3) is 0 Å². The van der Waals surface area contributed by atoms with Gasteiger partial charge in [0.05, 0.1) is 0 Å². The lowest BCUT2D eigenvalue weighted by Crippen LogP contribution is -2.43. The first kappa shape index (κ1) is 38.1. The van der Waals surface area contributed by atoms with E-state index in [9.17, 15) is 0 Å². The highest BCUT2D eigenvalue weighted by Crippen LogP contribution is 2.44. The SMILES string of the molecule is Cc1csc(-c2ccc3cc4c(C#C[Si](C(C)C)(C(C)C)C(C)C)c5cc6ccccc6cc5c(C#C[Si](C(C)C)(C(C)C)C(C)C)c4cc3c2)c1. The van der Waals surface area contributed by atoms with E-state index in [0.29, 0.717) is 33.2 Å². The standard InChI is InChI=1S/C49H58SSi2/c1-31(2)51(32(3)4,33(5)6)22-20-43-45-26-38-16-14-15-17-39(38)27-46(45)44(21-23-52(34(7)8,35(9)10)36(11)12)48-29-42-25-41(49-24-37(13)30-50-49)19-18-40(42)28-47(43)48/h14-19,24-36H,1-13H3. The van der Waals surface area contributed by atoms with Crippen LogP contribution in [-0.2, 0) is 0 Å². The van der Waals surface area contributed by atoms with Gasteiger partial charge in [-0.2, -0.15) is 0 Å². The Balaban J connectivity index is 1.82. The van der Waals surface area contributed by atoms with Crippen molar-refractivity contribution in [1.29, 1.82) is 0 Å². The van der Waals surface area contributed by atoms with Crippen LogP contribution in [0.1, 0.15) is 99.8 Å². The second kappa shape index (κ2) is 14.7. The first-order valence-electron chi connectivity index (χ1n) is 19.6. The summed E-state index contributed by atoms with van der Waals surface area (Å²) in [5, 5.41) is 12.2. The number of hydrogen-bond donors (Lipinski definition) is 0. The summed E-state index contributed by atoms with van der Waals surface area (Å²) in [6.45, 7) is 31.2. The van der Waals surface area contributed by atoms with Gasteiger partial charge >= 0.3 is 0 Å². The predicted molar refractivity (Wildman–Crippen MR) is 240 cm³/mol. The maximum atomic E-state index is 4.15. The summed E-state index contributed by atoms with van der Waals surface area (Å²) < 4.78 is 0. The maximum absolute atomic E-state index is 4.15. The van der Waals surface area contributed by atoms with Crippen LogP contribution in [0.5, 0.6) is 0 Å². The predicted octanol–water partition coefficient (Wildman–Crippen LogP) is 15.5. The summed E-state index contributed by atoms with van der Waals surface area (Å²) in [5.41, 5.74) is 16.6. The average molecular weight is 735 g/mol. The molecule has 0 saturated carbocycles. The van der Waals surface area contributed by atoms with Gasteiger partial charge in [-0.05, 0) is 136 Å². The first-order chi connectivity index (χ1) is 24.6. The monoisotopic (exact) mass is 734 g/mol. The molecule has 0 aliphatic rings. The first-order valence-corrected chi connectivity index (χ1v) is 24.9. The van der Waals surface area contributed by atoms with E-state index in [-0.39, 0.29) is 0 Å². The van der Waals surface area contributed by atoms with Crippen molar-refractivity contribution in [2.24, 2.45) is 0 Å². The Morgan fingerprint density at radius 3 is 1.21 bits per heavy atom. The third kappa shape index (κ3) is 6.49. The zero-order chi connectivity index (χ0) is 37.7. The van der Waals surface area contributed by atoms with Crippen molar-refractivity contribution >= 4 is 70.6 Å². The van der Waals surface area contributed by atoms with Crippen LogP contribution in [0.2, 0.25) is 33.2 Å². The number of rotatable bonds is 7. The zero-order valence-electron chi connectivity index (χ0n) is 33.9. The molecule has 0 atom stereocenters. The van der Waals surface area contributed by atoms with Gasteiger partial charge in [-0.15, -0.1) is 22.4 Å². The summed E-state index contributed by atoms with van der Waals surface area (Å²) in [6, 6.07) is 27.8. The van der Waals surface area contributed by atoms with Crippen LogP contribution in [-0.4, -0.2) is 16.1 Å². The number of fused-ring (bicyclic) bond motifs is 4. The molecule has 0 radical (unpaired) electrons. The molecule has 0 nitrogen and oxygen atoms in total. The molecule has 0 aliphatic carbocycles. The van der Waals surface area contributed by atoms with Gasteiger partial charge < -0.3 is 0 Å². The molecule has 1 aromatic heterocycles. The molecule has 3 heteroatoms. The van der Waals surface area contributed by atoms with Crippen molar-refractivity contribution in [1.82, 2.24) is 0 Å². The van der Waals surface area contributed by atoms with E-state index in [4.69, 9.17) is 0 Å². The summed E-state index contributed by atoms with van der Waals surface area (Å²) >= 11 is 1.83. The molecule has 1 heterocycles. The molecule has 268 valence electrons. The fraction of sp³-hybridized carbons (Fsp3) is 0.388. The summed E-state index contributed by atoms with van der Waals surface area (Å²) in [5.74, 6) is 8.04. The summed E-state index contributed by atoms with van der Waals surface area (Å²) in [6.07, 6.45) is 0. The number of hydrogen-bond acceptors (Lipinski definition) is 1. The van der Waals surface area contributed by atoms with Crippen LogP contribution in [0, 0.1) is 29.9 Å². The molecule has 0 spiro atoms. The molecule has 0 amide bonds. The highest BCUT2D eigenvalue weighted by Gasteiger charge is 2.43. The van der Waals surface area contributed by atoms with Crippen LogP contribution < -0.4 is 0 Å². The van der Waals surface area contributed by atoms with Gasteiger partial charge in [0, 0.05) is 16.0 Å². The molecular formula is C49H58SSi2. The minimum Gasteiger partial charge on any atom is -0.144 e. The molecular weight excluding hydrogens is 677 g/mol. The number of thiophene rings is 1. The Morgan fingerprint density at radius 2 is 0.846 bits per heavy atom. The van der Waals surface area contributed by atoms with Crippen LogP contribution in [0.3, 0.4) is 0 Å². The lowest BCUT2D eigenvalue weighted by Gasteiger charge is -2.38. The van der Waals surface area contributed by atoms with Crippen molar-refractivity contribution in [2.75, 3.05) is 0 Å². The molecule has 0 unspecified atom stereocenters. The van der Waals surface area contributed by atoms with Gasteiger partial charge in [0.15, 0.2) is 0 Å². The summed E-state index contributed by atoms with van der Waals surface area (Å²) in [4.78, 5) is 1.31. The largest absolute Gasteiger partial charge is 0.146 e. The Labute approximate surface area is 320 Å². The molecule has 0 aliphatic heterocycles. The van der Waals surface area contributed by atoms with Gasteiger partial charge in [0.2, 0.25) is 0 Å². The van der Waals surface area contributed by atoms with Crippen LogP contribution >= 0.6 is 11.3 Å². The molecule has 6 rings (SSSR count). The Morgan fingerprint density at radius 1 is 0.462 bits per heavy atom. The topological polar surface area (TPSA) is 0 Å². The highest BCUT2D eigenvalue weighted by atomic mass is 32.1. The van der Waals surface area contributed by atoms with E-state index in [1.54, 1.807) is 0 Å². The smallest absolute Gasteiger partial charge is 0.144 e. The van der Waals surface area contributed by atoms with E-state index < -0.39 is 16.1 Å². The van der Waals surface area contributed by atoms with Crippen molar-refractivity contribution in [3.63, 3.8) is 0 Å². The van der Waals surface area contributed by atoms with Gasteiger partial charge in [-0.1, -0.05) is 131 Å². The molecule has 5 aromatic carbocycles. The lowest BCUT2D eigenvalue weighted by atomic mass is 9.88. The van der Waals surface area contributed by atoms with Crippen molar-refractivity contribution < 1.29 is 0 Å². The van der Waals surface area contributed by atoms with Gasteiger partial charge in [-0.25, -0.2) is 0 Å². The second-order valence-corrected chi connectivity index (χ2v) is 29.3.